The third-order valence-electron chi connectivity index (χ3n) is 3.69. The number of likely N-dealkylation sites (tertiary alicyclic amines) is 1. The topological polar surface area (TPSA) is 53.6 Å². The number of benzene rings is 1. The number of nitrogens with one attached hydrogen (secondary N) is 2. The van der Waals surface area contributed by atoms with Crippen molar-refractivity contribution in [3.63, 3.8) is 0 Å². The molecule has 20 heavy (non-hydrogen) atoms. The highest BCUT2D eigenvalue weighted by Gasteiger charge is 2.18. The van der Waals surface area contributed by atoms with Gasteiger partial charge in [0.15, 0.2) is 0 Å². The number of urea groups is 1. The Morgan fingerprint density at radius 3 is 2.75 bits per heavy atom. The van der Waals surface area contributed by atoms with Gasteiger partial charge in [-0.25, -0.2) is 4.79 Å². The molecule has 110 valence electrons. The number of amides is 2. The van der Waals surface area contributed by atoms with Crippen LogP contribution in [-0.4, -0.2) is 44.2 Å². The van der Waals surface area contributed by atoms with Gasteiger partial charge in [-0.15, -0.1) is 0 Å². The molecule has 1 aromatic rings. The highest BCUT2D eigenvalue weighted by atomic mass is 16.5. The van der Waals surface area contributed by atoms with E-state index in [4.69, 9.17) is 4.74 Å². The standard InChI is InChI=1S/C15H23N3O2/c1-18-9-7-13(8-10-18)17-15(19)16-11-12-5-3-4-6-14(12)20-2/h3-6,13H,7-11H2,1-2H3,(H2,16,17,19). The monoisotopic (exact) mass is 277 g/mol. The van der Waals surface area contributed by atoms with Crippen LogP contribution in [0.5, 0.6) is 5.75 Å². The van der Waals surface area contributed by atoms with Gasteiger partial charge in [0.1, 0.15) is 5.75 Å². The van der Waals surface area contributed by atoms with Crippen molar-refractivity contribution in [3.05, 3.63) is 29.8 Å². The highest BCUT2D eigenvalue weighted by molar-refractivity contribution is 5.74. The molecule has 0 spiro atoms. The largest absolute Gasteiger partial charge is 0.496 e. The first-order valence-corrected chi connectivity index (χ1v) is 7.04. The number of ether oxygens (including phenoxy) is 1. The quantitative estimate of drug-likeness (QED) is 0.878. The van der Waals surface area contributed by atoms with Crippen LogP contribution in [0.3, 0.4) is 0 Å². The number of nitrogens with zero attached hydrogens (tertiary/aromatic N) is 1. The summed E-state index contributed by atoms with van der Waals surface area (Å²) in [5.74, 6) is 0.798. The fourth-order valence-corrected chi connectivity index (χ4v) is 2.41. The number of piperidine rings is 1. The summed E-state index contributed by atoms with van der Waals surface area (Å²) in [6, 6.07) is 7.88. The van der Waals surface area contributed by atoms with Crippen molar-refractivity contribution in [1.82, 2.24) is 15.5 Å². The minimum atomic E-state index is -0.106. The number of carbonyl (C=O) groups is 1. The van der Waals surface area contributed by atoms with Gasteiger partial charge in [-0.1, -0.05) is 18.2 Å². The number of para-hydroxylation sites is 1. The fraction of sp³-hybridized carbons (Fsp3) is 0.533. The zero-order valence-electron chi connectivity index (χ0n) is 12.2. The summed E-state index contributed by atoms with van der Waals surface area (Å²) in [7, 11) is 3.75. The normalized spacial score (nSPS) is 16.7. The minimum absolute atomic E-state index is 0.106. The van der Waals surface area contributed by atoms with Gasteiger partial charge in [0.25, 0.3) is 0 Å². The second kappa shape index (κ2) is 7.14. The summed E-state index contributed by atoms with van der Waals surface area (Å²) >= 11 is 0. The predicted molar refractivity (Wildman–Crippen MR) is 78.9 cm³/mol. The first-order valence-electron chi connectivity index (χ1n) is 7.04. The molecule has 1 aliphatic heterocycles. The van der Waals surface area contributed by atoms with Crippen molar-refractivity contribution in [2.45, 2.75) is 25.4 Å². The number of rotatable bonds is 4. The van der Waals surface area contributed by atoms with Crippen molar-refractivity contribution in [3.8, 4) is 5.75 Å². The Hall–Kier alpha value is -1.75. The van der Waals surface area contributed by atoms with Gasteiger partial charge in [-0.2, -0.15) is 0 Å². The van der Waals surface area contributed by atoms with E-state index in [2.05, 4.69) is 22.6 Å². The molecule has 1 aliphatic rings. The molecule has 0 aliphatic carbocycles. The Morgan fingerprint density at radius 2 is 2.05 bits per heavy atom. The van der Waals surface area contributed by atoms with Crippen molar-refractivity contribution < 1.29 is 9.53 Å². The Morgan fingerprint density at radius 1 is 1.35 bits per heavy atom. The zero-order chi connectivity index (χ0) is 14.4. The number of hydrogen-bond acceptors (Lipinski definition) is 3. The van der Waals surface area contributed by atoms with E-state index < -0.39 is 0 Å². The van der Waals surface area contributed by atoms with E-state index in [1.807, 2.05) is 24.3 Å². The van der Waals surface area contributed by atoms with Gasteiger partial charge in [-0.05, 0) is 39.0 Å². The van der Waals surface area contributed by atoms with Crippen LogP contribution in [0, 0.1) is 0 Å². The third-order valence-corrected chi connectivity index (χ3v) is 3.69. The molecule has 0 aromatic heterocycles. The van der Waals surface area contributed by atoms with Gasteiger partial charge < -0.3 is 20.3 Å². The molecule has 0 bridgehead atoms. The van der Waals surface area contributed by atoms with Gasteiger partial charge in [0.2, 0.25) is 0 Å². The molecular weight excluding hydrogens is 254 g/mol. The average Bonchev–Trinajstić information content (AvgIpc) is 2.48. The maximum absolute atomic E-state index is 11.9. The minimum Gasteiger partial charge on any atom is -0.496 e. The molecule has 0 saturated carbocycles. The zero-order valence-corrected chi connectivity index (χ0v) is 12.2. The van der Waals surface area contributed by atoms with Crippen LogP contribution in [0.15, 0.2) is 24.3 Å². The van der Waals surface area contributed by atoms with Crippen LogP contribution in [-0.2, 0) is 6.54 Å². The van der Waals surface area contributed by atoms with E-state index in [9.17, 15) is 4.79 Å². The predicted octanol–water partition coefficient (Wildman–Crippen LogP) is 1.59. The Kier molecular flexibility index (Phi) is 5.24. The van der Waals surface area contributed by atoms with Crippen molar-refractivity contribution in [2.24, 2.45) is 0 Å². The van der Waals surface area contributed by atoms with Crippen molar-refractivity contribution in [1.29, 1.82) is 0 Å². The van der Waals surface area contributed by atoms with Gasteiger partial charge in [0.05, 0.1) is 7.11 Å². The second-order valence-electron chi connectivity index (χ2n) is 5.22. The average molecular weight is 277 g/mol. The third kappa shape index (κ3) is 4.13. The lowest BCUT2D eigenvalue weighted by Gasteiger charge is -2.29. The van der Waals surface area contributed by atoms with Crippen LogP contribution in [0.1, 0.15) is 18.4 Å². The van der Waals surface area contributed by atoms with Crippen LogP contribution in [0.2, 0.25) is 0 Å². The van der Waals surface area contributed by atoms with Crippen LogP contribution in [0.25, 0.3) is 0 Å². The van der Waals surface area contributed by atoms with E-state index in [0.717, 1.165) is 37.2 Å². The van der Waals surface area contributed by atoms with E-state index >= 15 is 0 Å². The van der Waals surface area contributed by atoms with Crippen LogP contribution >= 0.6 is 0 Å². The summed E-state index contributed by atoms with van der Waals surface area (Å²) in [4.78, 5) is 14.2. The summed E-state index contributed by atoms with van der Waals surface area (Å²) in [5.41, 5.74) is 0.980. The first kappa shape index (κ1) is 14.7. The molecule has 2 rings (SSSR count). The maximum Gasteiger partial charge on any atom is 0.315 e. The van der Waals surface area contributed by atoms with E-state index in [1.54, 1.807) is 7.11 Å². The number of hydrogen-bond donors (Lipinski definition) is 2. The fourth-order valence-electron chi connectivity index (χ4n) is 2.41. The molecule has 2 amide bonds. The van der Waals surface area contributed by atoms with Crippen LogP contribution in [0.4, 0.5) is 4.79 Å². The molecule has 0 radical (unpaired) electrons. The van der Waals surface area contributed by atoms with Gasteiger partial charge in [-0.3, -0.25) is 0 Å². The summed E-state index contributed by atoms with van der Waals surface area (Å²) in [6.45, 7) is 2.55. The molecule has 5 nitrogen and oxygen atoms in total. The second-order valence-corrected chi connectivity index (χ2v) is 5.22. The molecule has 2 N–H and O–H groups in total. The van der Waals surface area contributed by atoms with Gasteiger partial charge in [0, 0.05) is 18.2 Å². The molecule has 5 heteroatoms. The maximum atomic E-state index is 11.9. The van der Waals surface area contributed by atoms with E-state index in [-0.39, 0.29) is 12.1 Å². The number of methoxy groups -OCH3 is 1. The Labute approximate surface area is 120 Å². The molecule has 0 atom stereocenters. The lowest BCUT2D eigenvalue weighted by molar-refractivity contribution is 0.213. The van der Waals surface area contributed by atoms with Crippen molar-refractivity contribution >= 4 is 6.03 Å². The highest BCUT2D eigenvalue weighted by Crippen LogP contribution is 2.16. The lowest BCUT2D eigenvalue weighted by Crippen LogP contribution is -2.46. The summed E-state index contributed by atoms with van der Waals surface area (Å²) < 4.78 is 5.26. The van der Waals surface area contributed by atoms with Crippen LogP contribution < -0.4 is 15.4 Å². The molecular formula is C15H23N3O2. The van der Waals surface area contributed by atoms with E-state index in [0.29, 0.717) is 6.54 Å². The lowest BCUT2D eigenvalue weighted by atomic mass is 10.1. The molecule has 1 aromatic carbocycles. The first-order chi connectivity index (χ1) is 9.69. The Balaban J connectivity index is 1.77. The molecule has 1 heterocycles. The summed E-state index contributed by atoms with van der Waals surface area (Å²) in [5, 5.41) is 5.92. The molecule has 0 unspecified atom stereocenters. The smallest absolute Gasteiger partial charge is 0.315 e. The summed E-state index contributed by atoms with van der Waals surface area (Å²) in [6.07, 6.45) is 2.02. The Bertz CT molecular complexity index is 442. The van der Waals surface area contributed by atoms with Crippen molar-refractivity contribution in [2.75, 3.05) is 27.2 Å². The molecule has 1 saturated heterocycles. The number of carbonyl (C=O) groups excluding carboxylic acids is 1. The molecule has 1 fully saturated rings. The SMILES string of the molecule is COc1ccccc1CNC(=O)NC1CCN(C)CC1. The van der Waals surface area contributed by atoms with E-state index in [1.165, 1.54) is 0 Å². The van der Waals surface area contributed by atoms with Gasteiger partial charge >= 0.3 is 6.03 Å².